The molecule has 2 aliphatic rings. The summed E-state index contributed by atoms with van der Waals surface area (Å²) >= 11 is 0. The Labute approximate surface area is 189 Å². The summed E-state index contributed by atoms with van der Waals surface area (Å²) in [6, 6.07) is 10.6. The molecule has 2 amide bonds. The molecule has 32 heavy (non-hydrogen) atoms. The average Bonchev–Trinajstić information content (AvgIpc) is 3.31. The summed E-state index contributed by atoms with van der Waals surface area (Å²) in [4.78, 5) is 30.1. The lowest BCUT2D eigenvalue weighted by atomic mass is 9.99. The van der Waals surface area contributed by atoms with Crippen molar-refractivity contribution in [3.8, 4) is 0 Å². The van der Waals surface area contributed by atoms with Crippen molar-refractivity contribution in [3.05, 3.63) is 48.3 Å². The van der Waals surface area contributed by atoms with Crippen LogP contribution in [0.4, 0.5) is 5.69 Å². The number of rotatable bonds is 5. The molecule has 2 saturated heterocycles. The van der Waals surface area contributed by atoms with E-state index in [1.807, 2.05) is 18.2 Å². The number of piperidine rings is 2. The van der Waals surface area contributed by atoms with Crippen LogP contribution in [0, 0.1) is 11.8 Å². The van der Waals surface area contributed by atoms with Crippen molar-refractivity contribution in [2.75, 3.05) is 31.5 Å². The van der Waals surface area contributed by atoms with Gasteiger partial charge in [-0.1, -0.05) is 25.1 Å². The molecule has 2 aliphatic heterocycles. The molecule has 0 spiro atoms. The van der Waals surface area contributed by atoms with E-state index in [0.717, 1.165) is 12.8 Å². The van der Waals surface area contributed by atoms with Gasteiger partial charge in [-0.05, 0) is 49.8 Å². The average molecular weight is 459 g/mol. The van der Waals surface area contributed by atoms with E-state index in [0.29, 0.717) is 44.1 Å². The van der Waals surface area contributed by atoms with Gasteiger partial charge in [0.05, 0.1) is 5.92 Å². The van der Waals surface area contributed by atoms with E-state index in [-0.39, 0.29) is 28.9 Å². The Kier molecular flexibility index (Phi) is 6.66. The van der Waals surface area contributed by atoms with Crippen molar-refractivity contribution in [3.63, 3.8) is 0 Å². The Morgan fingerprint density at radius 3 is 2.50 bits per heavy atom. The minimum atomic E-state index is -3.80. The number of aromatic amines is 1. The van der Waals surface area contributed by atoms with E-state index in [1.165, 1.54) is 16.6 Å². The molecular weight excluding hydrogens is 428 g/mol. The van der Waals surface area contributed by atoms with E-state index < -0.39 is 15.9 Å². The molecule has 2 aromatic rings. The Balaban J connectivity index is 1.43. The summed E-state index contributed by atoms with van der Waals surface area (Å²) in [6.45, 7) is 4.03. The lowest BCUT2D eigenvalue weighted by molar-refractivity contribution is -0.120. The van der Waals surface area contributed by atoms with Crippen LogP contribution in [0.25, 0.3) is 0 Å². The van der Waals surface area contributed by atoms with Gasteiger partial charge in [-0.2, -0.15) is 4.31 Å². The number of carbonyl (C=O) groups is 2. The predicted molar refractivity (Wildman–Crippen MR) is 122 cm³/mol. The lowest BCUT2D eigenvalue weighted by Gasteiger charge is -2.31. The maximum Gasteiger partial charge on any atom is 0.270 e. The van der Waals surface area contributed by atoms with Crippen molar-refractivity contribution in [2.24, 2.45) is 11.8 Å². The van der Waals surface area contributed by atoms with E-state index in [1.54, 1.807) is 17.0 Å². The number of aromatic nitrogens is 1. The topological polar surface area (TPSA) is 103 Å². The first kappa shape index (κ1) is 22.5. The third-order valence-corrected chi connectivity index (χ3v) is 8.23. The molecule has 0 saturated carbocycles. The molecule has 1 atom stereocenters. The second-order valence-corrected chi connectivity index (χ2v) is 10.7. The largest absolute Gasteiger partial charge is 0.356 e. The molecule has 3 heterocycles. The zero-order chi connectivity index (χ0) is 22.7. The van der Waals surface area contributed by atoms with Crippen LogP contribution < -0.4 is 5.32 Å². The van der Waals surface area contributed by atoms with Gasteiger partial charge >= 0.3 is 0 Å². The molecule has 1 aromatic heterocycles. The van der Waals surface area contributed by atoms with Crippen LogP contribution in [0.2, 0.25) is 0 Å². The van der Waals surface area contributed by atoms with Gasteiger partial charge in [0.1, 0.15) is 10.6 Å². The number of benzene rings is 1. The minimum absolute atomic E-state index is 0.0651. The normalized spacial score (nSPS) is 20.8. The van der Waals surface area contributed by atoms with Crippen molar-refractivity contribution >= 4 is 27.5 Å². The fourth-order valence-electron chi connectivity index (χ4n) is 4.32. The smallest absolute Gasteiger partial charge is 0.270 e. The van der Waals surface area contributed by atoms with Gasteiger partial charge in [0.15, 0.2) is 0 Å². The number of anilines is 1. The molecule has 0 radical (unpaired) electrons. The first-order valence-electron chi connectivity index (χ1n) is 11.2. The fourth-order valence-corrected chi connectivity index (χ4v) is 5.84. The van der Waals surface area contributed by atoms with E-state index >= 15 is 0 Å². The molecule has 172 valence electrons. The lowest BCUT2D eigenvalue weighted by Crippen LogP contribution is -2.43. The quantitative estimate of drug-likeness (QED) is 0.719. The molecule has 4 rings (SSSR count). The van der Waals surface area contributed by atoms with Crippen LogP contribution in [-0.2, 0) is 14.8 Å². The van der Waals surface area contributed by atoms with Gasteiger partial charge in [-0.3, -0.25) is 9.59 Å². The number of amides is 2. The number of sulfonamides is 1. The molecule has 0 bridgehead atoms. The number of para-hydroxylation sites is 1. The van der Waals surface area contributed by atoms with Crippen molar-refractivity contribution in [1.29, 1.82) is 0 Å². The number of nitrogens with zero attached hydrogens (tertiary/aromatic N) is 2. The number of hydrogen-bond donors (Lipinski definition) is 2. The Morgan fingerprint density at radius 1 is 1.06 bits per heavy atom. The molecule has 0 aliphatic carbocycles. The van der Waals surface area contributed by atoms with Crippen LogP contribution in [0.5, 0.6) is 0 Å². The number of nitrogens with one attached hydrogen (secondary N) is 2. The number of hydrogen-bond acceptors (Lipinski definition) is 4. The second kappa shape index (κ2) is 9.46. The number of carbonyl (C=O) groups excluding carboxylic acids is 2. The zero-order valence-electron chi connectivity index (χ0n) is 18.3. The highest BCUT2D eigenvalue weighted by molar-refractivity contribution is 7.89. The van der Waals surface area contributed by atoms with Gasteiger partial charge in [0.2, 0.25) is 15.9 Å². The van der Waals surface area contributed by atoms with E-state index in [2.05, 4.69) is 17.2 Å². The molecule has 9 heteroatoms. The highest BCUT2D eigenvalue weighted by atomic mass is 32.2. The molecular formula is C23H30N4O4S. The van der Waals surface area contributed by atoms with Crippen LogP contribution in [0.3, 0.4) is 0 Å². The summed E-state index contributed by atoms with van der Waals surface area (Å²) in [5.74, 6) is -0.170. The van der Waals surface area contributed by atoms with Gasteiger partial charge < -0.3 is 15.2 Å². The second-order valence-electron chi connectivity index (χ2n) is 8.78. The van der Waals surface area contributed by atoms with E-state index in [9.17, 15) is 18.0 Å². The van der Waals surface area contributed by atoms with Crippen LogP contribution in [-0.4, -0.2) is 60.6 Å². The molecule has 1 unspecified atom stereocenters. The number of H-pyrrole nitrogens is 1. The van der Waals surface area contributed by atoms with Crippen LogP contribution in [0.1, 0.15) is 43.1 Å². The van der Waals surface area contributed by atoms with Crippen molar-refractivity contribution < 1.29 is 18.0 Å². The van der Waals surface area contributed by atoms with Crippen LogP contribution >= 0.6 is 0 Å². The standard InChI is InChI=1S/C23H30N4O4S/c1-17-9-12-26(13-10-17)23(29)21-14-20(15-24-21)32(30,31)27-11-5-6-18(16-27)22(28)25-19-7-3-2-4-8-19/h2-4,7-8,14-15,17-18,24H,5-6,9-13,16H2,1H3,(H,25,28). The highest BCUT2D eigenvalue weighted by Gasteiger charge is 2.34. The third-order valence-electron chi connectivity index (χ3n) is 6.39. The molecule has 2 N–H and O–H groups in total. The first-order valence-corrected chi connectivity index (χ1v) is 12.6. The predicted octanol–water partition coefficient (Wildman–Crippen LogP) is 2.93. The van der Waals surface area contributed by atoms with Gasteiger partial charge in [-0.15, -0.1) is 0 Å². The Hall–Kier alpha value is -2.65. The molecule has 8 nitrogen and oxygen atoms in total. The van der Waals surface area contributed by atoms with Crippen molar-refractivity contribution in [2.45, 2.75) is 37.5 Å². The molecule has 1 aromatic carbocycles. The Bertz CT molecular complexity index is 1060. The fraction of sp³-hybridized carbons (Fsp3) is 0.478. The third kappa shape index (κ3) is 4.88. The monoisotopic (exact) mass is 458 g/mol. The van der Waals surface area contributed by atoms with Crippen molar-refractivity contribution in [1.82, 2.24) is 14.2 Å². The maximum atomic E-state index is 13.2. The maximum absolute atomic E-state index is 13.2. The summed E-state index contributed by atoms with van der Waals surface area (Å²) in [7, 11) is -3.80. The summed E-state index contributed by atoms with van der Waals surface area (Å²) in [6.07, 6.45) is 4.53. The van der Waals surface area contributed by atoms with E-state index in [4.69, 9.17) is 0 Å². The summed E-state index contributed by atoms with van der Waals surface area (Å²) in [5, 5.41) is 2.87. The van der Waals surface area contributed by atoms with Gasteiger partial charge in [0, 0.05) is 38.1 Å². The van der Waals surface area contributed by atoms with Crippen LogP contribution in [0.15, 0.2) is 47.5 Å². The summed E-state index contributed by atoms with van der Waals surface area (Å²) in [5.41, 5.74) is 0.979. The van der Waals surface area contributed by atoms with Gasteiger partial charge in [0.25, 0.3) is 5.91 Å². The number of likely N-dealkylation sites (tertiary alicyclic amines) is 1. The first-order chi connectivity index (χ1) is 15.3. The van der Waals surface area contributed by atoms with Gasteiger partial charge in [-0.25, -0.2) is 8.42 Å². The zero-order valence-corrected chi connectivity index (χ0v) is 19.1. The Morgan fingerprint density at radius 2 is 1.78 bits per heavy atom. The highest BCUT2D eigenvalue weighted by Crippen LogP contribution is 2.26. The summed E-state index contributed by atoms with van der Waals surface area (Å²) < 4.78 is 27.8. The minimum Gasteiger partial charge on any atom is -0.356 e. The SMILES string of the molecule is CC1CCN(C(=O)c2cc(S(=O)(=O)N3CCCC(C(=O)Nc4ccccc4)C3)c[nH]2)CC1. The molecule has 2 fully saturated rings.